The number of hydrogen-bond acceptors (Lipinski definition) is 9. The van der Waals surface area contributed by atoms with Crippen LogP contribution in [-0.2, 0) is 24.5 Å². The van der Waals surface area contributed by atoms with E-state index in [1.807, 2.05) is 72.8 Å². The number of nitrogens with zero attached hydrogens (tertiary/aromatic N) is 3. The Hall–Kier alpha value is -5.84. The van der Waals surface area contributed by atoms with Crippen molar-refractivity contribution in [1.82, 2.24) is 4.98 Å². The van der Waals surface area contributed by atoms with Crippen LogP contribution in [0.1, 0.15) is 18.1 Å². The number of aromatic nitrogens is 1. The molecule has 6 rings (SSSR count). The zero-order valence-corrected chi connectivity index (χ0v) is 24.9. The van der Waals surface area contributed by atoms with E-state index in [1.54, 1.807) is 31.2 Å². The van der Waals surface area contributed by atoms with Gasteiger partial charge in [0.2, 0.25) is 11.8 Å². The number of rotatable bonds is 7. The highest BCUT2D eigenvalue weighted by atomic mass is 32.2. The number of anilines is 1. The Labute approximate surface area is 263 Å². The molecule has 4 aromatic rings. The average Bonchev–Trinajstić information content (AvgIpc) is 3.35. The molecule has 0 bridgehead atoms. The number of nitrogens with one attached hydrogen (secondary N) is 1. The second-order valence-electron chi connectivity index (χ2n) is 10.1. The van der Waals surface area contributed by atoms with Gasteiger partial charge in [0.25, 0.3) is 0 Å². The van der Waals surface area contributed by atoms with Gasteiger partial charge in [-0.3, -0.25) is 4.79 Å². The van der Waals surface area contributed by atoms with Crippen molar-refractivity contribution in [2.75, 3.05) is 17.7 Å². The Kier molecular flexibility index (Phi) is 7.82. The molecule has 220 valence electrons. The molecular weight excluding hydrogens is 586 g/mol. The molecule has 1 spiro atoms. The predicted molar refractivity (Wildman–Crippen MR) is 169 cm³/mol. The number of benzene rings is 3. The summed E-state index contributed by atoms with van der Waals surface area (Å²) in [7, 11) is 0. The van der Waals surface area contributed by atoms with Crippen molar-refractivity contribution in [3.63, 3.8) is 0 Å². The number of para-hydroxylation sites is 1. The molecule has 0 radical (unpaired) electrons. The molecule has 1 amide bonds. The number of pyridine rings is 1. The van der Waals surface area contributed by atoms with Crippen molar-refractivity contribution in [3.05, 3.63) is 125 Å². The third-order valence-corrected chi connectivity index (χ3v) is 8.59. The van der Waals surface area contributed by atoms with Crippen molar-refractivity contribution in [3.8, 4) is 34.5 Å². The zero-order valence-electron chi connectivity index (χ0n) is 24.0. The maximum absolute atomic E-state index is 13.9. The number of thioether (sulfide) groups is 1. The molecule has 2 aliphatic rings. The number of amides is 1. The van der Waals surface area contributed by atoms with Gasteiger partial charge in [-0.25, -0.2) is 9.78 Å². The topological polar surface area (TPSA) is 151 Å². The number of hydrogen-bond donors (Lipinski definition) is 2. The second kappa shape index (κ2) is 12.0. The summed E-state index contributed by atoms with van der Waals surface area (Å²) in [4.78, 5) is 32.4. The SMILES string of the molecule is CCOC(=O)C1=C(CSc2nc(-c3ccccc3)cc(-c3ccccc3)c2C#N)OC(N)=C(C#N)C12C(=O)Nc1ccccc12. The summed E-state index contributed by atoms with van der Waals surface area (Å²) in [6.45, 7) is 1.66. The van der Waals surface area contributed by atoms with E-state index < -0.39 is 17.3 Å². The molecule has 2 aliphatic heterocycles. The van der Waals surface area contributed by atoms with Crippen LogP contribution < -0.4 is 11.1 Å². The van der Waals surface area contributed by atoms with Crippen LogP contribution in [0, 0.1) is 22.7 Å². The van der Waals surface area contributed by atoms with Crippen LogP contribution >= 0.6 is 11.8 Å². The fourth-order valence-corrected chi connectivity index (χ4v) is 6.62. The van der Waals surface area contributed by atoms with Crippen LogP contribution in [-0.4, -0.2) is 29.2 Å². The molecule has 1 atom stereocenters. The molecule has 1 aromatic heterocycles. The highest BCUT2D eigenvalue weighted by molar-refractivity contribution is 7.99. The first-order valence-electron chi connectivity index (χ1n) is 14.0. The number of nitrogens with two attached hydrogens (primary N) is 1. The van der Waals surface area contributed by atoms with Gasteiger partial charge >= 0.3 is 5.97 Å². The first-order chi connectivity index (χ1) is 21.9. The Morgan fingerprint density at radius 2 is 1.67 bits per heavy atom. The fraction of sp³-hybridized carbons (Fsp3) is 0.114. The van der Waals surface area contributed by atoms with Gasteiger partial charge in [0.15, 0.2) is 5.41 Å². The third kappa shape index (κ3) is 4.88. The van der Waals surface area contributed by atoms with E-state index >= 15 is 0 Å². The number of fused-ring (bicyclic) bond motifs is 2. The summed E-state index contributed by atoms with van der Waals surface area (Å²) in [5.41, 5.74) is 8.24. The molecule has 3 heterocycles. The van der Waals surface area contributed by atoms with E-state index in [0.717, 1.165) is 22.9 Å². The van der Waals surface area contributed by atoms with E-state index in [9.17, 15) is 20.1 Å². The average molecular weight is 612 g/mol. The standard InChI is InChI=1S/C35H25N5O4S/c1-2-43-33(41)30-29(44-31(38)26(19-37)35(30)25-15-9-10-16-27(25)40-34(35)42)20-45-32-24(18-36)23(21-11-5-3-6-12-21)17-28(39-32)22-13-7-4-8-14-22/h3-17H,2,20,38H2,1H3,(H,40,42). The summed E-state index contributed by atoms with van der Waals surface area (Å²) in [6.07, 6.45) is 0. The lowest BCUT2D eigenvalue weighted by Crippen LogP contribution is -2.46. The normalized spacial score (nSPS) is 16.8. The predicted octanol–water partition coefficient (Wildman–Crippen LogP) is 5.81. The van der Waals surface area contributed by atoms with Gasteiger partial charge in [-0.2, -0.15) is 10.5 Å². The van der Waals surface area contributed by atoms with E-state index in [4.69, 9.17) is 20.2 Å². The monoisotopic (exact) mass is 611 g/mol. The van der Waals surface area contributed by atoms with Crippen LogP contribution in [0.3, 0.4) is 0 Å². The Balaban J connectivity index is 1.53. The summed E-state index contributed by atoms with van der Waals surface area (Å²) < 4.78 is 11.4. The summed E-state index contributed by atoms with van der Waals surface area (Å²) in [5, 5.41) is 23.8. The molecule has 3 aromatic carbocycles. The first-order valence-corrected chi connectivity index (χ1v) is 15.0. The van der Waals surface area contributed by atoms with Crippen LogP contribution in [0.2, 0.25) is 0 Å². The number of carbonyl (C=O) groups is 2. The molecule has 1 unspecified atom stereocenters. The van der Waals surface area contributed by atoms with Crippen molar-refractivity contribution in [2.45, 2.75) is 17.4 Å². The number of esters is 1. The van der Waals surface area contributed by atoms with Crippen molar-refractivity contribution < 1.29 is 19.1 Å². The smallest absolute Gasteiger partial charge is 0.339 e. The molecule has 0 saturated heterocycles. The minimum atomic E-state index is -1.89. The molecule has 0 aliphatic carbocycles. The van der Waals surface area contributed by atoms with Crippen LogP contribution in [0.4, 0.5) is 5.69 Å². The van der Waals surface area contributed by atoms with Crippen molar-refractivity contribution >= 4 is 29.3 Å². The lowest BCUT2D eigenvalue weighted by atomic mass is 9.68. The fourth-order valence-electron chi connectivity index (χ4n) is 5.69. The quantitative estimate of drug-likeness (QED) is 0.195. The van der Waals surface area contributed by atoms with E-state index in [0.29, 0.717) is 33.1 Å². The third-order valence-electron chi connectivity index (χ3n) is 7.61. The van der Waals surface area contributed by atoms with Crippen molar-refractivity contribution in [2.24, 2.45) is 5.73 Å². The molecule has 0 saturated carbocycles. The molecule has 45 heavy (non-hydrogen) atoms. The first kappa shape index (κ1) is 29.2. The van der Waals surface area contributed by atoms with Gasteiger partial charge < -0.3 is 20.5 Å². The van der Waals surface area contributed by atoms with Crippen molar-refractivity contribution in [1.29, 1.82) is 10.5 Å². The summed E-state index contributed by atoms with van der Waals surface area (Å²) in [6, 6.07) is 32.1. The lowest BCUT2D eigenvalue weighted by Gasteiger charge is -2.34. The van der Waals surface area contributed by atoms with E-state index in [1.165, 1.54) is 0 Å². The Bertz CT molecular complexity index is 1990. The minimum Gasteiger partial charge on any atom is -0.462 e. The van der Waals surface area contributed by atoms with Gasteiger partial charge in [0, 0.05) is 22.4 Å². The lowest BCUT2D eigenvalue weighted by molar-refractivity contribution is -0.140. The Morgan fingerprint density at radius 1 is 1.00 bits per heavy atom. The molecular formula is C35H25N5O4S. The minimum absolute atomic E-state index is 0.0167. The summed E-state index contributed by atoms with van der Waals surface area (Å²) in [5.74, 6) is -1.77. The van der Waals surface area contributed by atoms with E-state index in [-0.39, 0.29) is 35.1 Å². The Morgan fingerprint density at radius 3 is 2.33 bits per heavy atom. The maximum atomic E-state index is 13.9. The number of ether oxygens (including phenoxy) is 2. The molecule has 10 heteroatoms. The van der Waals surface area contributed by atoms with Crippen LogP contribution in [0.25, 0.3) is 22.4 Å². The zero-order chi connectivity index (χ0) is 31.6. The highest BCUT2D eigenvalue weighted by Gasteiger charge is 2.60. The van der Waals surface area contributed by atoms with Crippen LogP contribution in [0.15, 0.2) is 119 Å². The van der Waals surface area contributed by atoms with Gasteiger partial charge in [-0.15, -0.1) is 0 Å². The molecule has 9 nitrogen and oxygen atoms in total. The molecule has 0 fully saturated rings. The van der Waals surface area contributed by atoms with Gasteiger partial charge in [-0.05, 0) is 24.6 Å². The van der Waals surface area contributed by atoms with Gasteiger partial charge in [-0.1, -0.05) is 90.6 Å². The van der Waals surface area contributed by atoms with Gasteiger partial charge in [0.05, 0.1) is 23.6 Å². The highest BCUT2D eigenvalue weighted by Crippen LogP contribution is 2.52. The maximum Gasteiger partial charge on any atom is 0.339 e. The number of carbonyl (C=O) groups excluding carboxylic acids is 2. The van der Waals surface area contributed by atoms with Crippen LogP contribution in [0.5, 0.6) is 0 Å². The summed E-state index contributed by atoms with van der Waals surface area (Å²) >= 11 is 1.15. The largest absolute Gasteiger partial charge is 0.462 e. The second-order valence-corrected chi connectivity index (χ2v) is 11.1. The number of nitriles is 2. The van der Waals surface area contributed by atoms with Gasteiger partial charge in [0.1, 0.15) is 34.1 Å². The van der Waals surface area contributed by atoms with E-state index in [2.05, 4.69) is 11.4 Å². The molecule has 3 N–H and O–H groups in total.